The van der Waals surface area contributed by atoms with Crippen LogP contribution in [0, 0.1) is 6.92 Å². The first-order chi connectivity index (χ1) is 8.22. The van der Waals surface area contributed by atoms with Gasteiger partial charge in [-0.1, -0.05) is 0 Å². The highest BCUT2D eigenvalue weighted by atomic mass is 16.3. The van der Waals surface area contributed by atoms with Gasteiger partial charge in [-0.2, -0.15) is 0 Å². The van der Waals surface area contributed by atoms with Crippen LogP contribution < -0.4 is 5.32 Å². The Morgan fingerprint density at radius 2 is 2.18 bits per heavy atom. The van der Waals surface area contributed by atoms with E-state index in [0.29, 0.717) is 6.04 Å². The van der Waals surface area contributed by atoms with Crippen molar-refractivity contribution in [3.63, 3.8) is 0 Å². The van der Waals surface area contributed by atoms with Gasteiger partial charge >= 0.3 is 0 Å². The third kappa shape index (κ3) is 1.90. The van der Waals surface area contributed by atoms with Gasteiger partial charge in [-0.15, -0.1) is 0 Å². The van der Waals surface area contributed by atoms with Crippen molar-refractivity contribution >= 4 is 16.6 Å². The van der Waals surface area contributed by atoms with Crippen molar-refractivity contribution < 1.29 is 5.11 Å². The summed E-state index contributed by atoms with van der Waals surface area (Å²) in [6.07, 6.45) is 5.43. The molecule has 0 atom stereocenters. The van der Waals surface area contributed by atoms with Crippen molar-refractivity contribution in [2.24, 2.45) is 0 Å². The second-order valence-electron chi connectivity index (χ2n) is 4.62. The third-order valence-corrected chi connectivity index (χ3v) is 3.28. The van der Waals surface area contributed by atoms with Gasteiger partial charge in [0.15, 0.2) is 0 Å². The standard InChI is InChI=1S/C13H15N3O/c1-8-14-7-9-5-12(16-10-3-2-4-10)13(17)6-11(9)15-8/h5-7,10,16-17H,2-4H2,1H3. The maximum absolute atomic E-state index is 9.95. The summed E-state index contributed by atoms with van der Waals surface area (Å²) in [7, 11) is 0. The fourth-order valence-corrected chi connectivity index (χ4v) is 2.05. The molecular weight excluding hydrogens is 214 g/mol. The summed E-state index contributed by atoms with van der Waals surface area (Å²) in [6.45, 7) is 1.84. The Labute approximate surface area is 99.7 Å². The van der Waals surface area contributed by atoms with Crippen molar-refractivity contribution in [1.29, 1.82) is 0 Å². The van der Waals surface area contributed by atoms with E-state index in [9.17, 15) is 5.11 Å². The predicted molar refractivity (Wildman–Crippen MR) is 67.2 cm³/mol. The van der Waals surface area contributed by atoms with Crippen LogP contribution in [0.1, 0.15) is 25.1 Å². The first-order valence-electron chi connectivity index (χ1n) is 5.95. The molecule has 4 heteroatoms. The zero-order valence-corrected chi connectivity index (χ0v) is 9.77. The van der Waals surface area contributed by atoms with Gasteiger partial charge in [-0.05, 0) is 32.3 Å². The second kappa shape index (κ2) is 3.87. The van der Waals surface area contributed by atoms with Gasteiger partial charge in [0.05, 0.1) is 11.2 Å². The van der Waals surface area contributed by atoms with Crippen LogP contribution in [0.25, 0.3) is 10.9 Å². The number of phenolic OH excluding ortho intramolecular Hbond substituents is 1. The van der Waals surface area contributed by atoms with Crippen LogP contribution in [0.4, 0.5) is 5.69 Å². The van der Waals surface area contributed by atoms with E-state index in [2.05, 4.69) is 15.3 Å². The molecule has 0 amide bonds. The van der Waals surface area contributed by atoms with Crippen LogP contribution in [0.15, 0.2) is 18.3 Å². The predicted octanol–water partition coefficient (Wildman–Crippen LogP) is 2.61. The molecule has 2 N–H and O–H groups in total. The second-order valence-corrected chi connectivity index (χ2v) is 4.62. The third-order valence-electron chi connectivity index (χ3n) is 3.28. The lowest BCUT2D eigenvalue weighted by Gasteiger charge is -2.27. The molecule has 1 saturated carbocycles. The number of aryl methyl sites for hydroxylation is 1. The van der Waals surface area contributed by atoms with Crippen molar-refractivity contribution in [3.8, 4) is 5.75 Å². The average Bonchev–Trinajstić information content (AvgIpc) is 2.23. The molecule has 0 saturated heterocycles. The van der Waals surface area contributed by atoms with Gasteiger partial charge in [0.1, 0.15) is 11.6 Å². The van der Waals surface area contributed by atoms with Gasteiger partial charge in [0, 0.05) is 23.7 Å². The number of fused-ring (bicyclic) bond motifs is 1. The van der Waals surface area contributed by atoms with Crippen LogP contribution in [-0.2, 0) is 0 Å². The summed E-state index contributed by atoms with van der Waals surface area (Å²) >= 11 is 0. The molecule has 0 unspecified atom stereocenters. The van der Waals surface area contributed by atoms with E-state index in [1.54, 1.807) is 12.3 Å². The van der Waals surface area contributed by atoms with Crippen molar-refractivity contribution in [2.75, 3.05) is 5.32 Å². The zero-order chi connectivity index (χ0) is 11.8. The Morgan fingerprint density at radius 1 is 1.35 bits per heavy atom. The monoisotopic (exact) mass is 229 g/mol. The fourth-order valence-electron chi connectivity index (χ4n) is 2.05. The minimum Gasteiger partial charge on any atom is -0.506 e. The molecule has 0 radical (unpaired) electrons. The number of phenols is 1. The van der Waals surface area contributed by atoms with E-state index in [0.717, 1.165) is 22.4 Å². The number of anilines is 1. The highest BCUT2D eigenvalue weighted by Crippen LogP contribution is 2.31. The van der Waals surface area contributed by atoms with E-state index < -0.39 is 0 Å². The maximum Gasteiger partial charge on any atom is 0.140 e. The van der Waals surface area contributed by atoms with E-state index in [1.807, 2.05) is 13.0 Å². The minimum absolute atomic E-state index is 0.266. The van der Waals surface area contributed by atoms with Gasteiger partial charge < -0.3 is 10.4 Å². The number of nitrogens with zero attached hydrogens (tertiary/aromatic N) is 2. The highest BCUT2D eigenvalue weighted by Gasteiger charge is 2.18. The molecule has 1 aliphatic carbocycles. The van der Waals surface area contributed by atoms with Crippen LogP contribution >= 0.6 is 0 Å². The largest absolute Gasteiger partial charge is 0.506 e. The normalized spacial score (nSPS) is 15.8. The van der Waals surface area contributed by atoms with Gasteiger partial charge in [-0.25, -0.2) is 9.97 Å². The molecule has 1 aromatic carbocycles. The lowest BCUT2D eigenvalue weighted by Crippen LogP contribution is -2.26. The summed E-state index contributed by atoms with van der Waals surface area (Å²) in [6, 6.07) is 4.12. The zero-order valence-electron chi connectivity index (χ0n) is 9.77. The smallest absolute Gasteiger partial charge is 0.140 e. The number of aromatic hydroxyl groups is 1. The molecule has 0 spiro atoms. The molecule has 1 heterocycles. The molecule has 17 heavy (non-hydrogen) atoms. The number of hydrogen-bond acceptors (Lipinski definition) is 4. The Bertz CT molecular complexity index is 564. The summed E-state index contributed by atoms with van der Waals surface area (Å²) < 4.78 is 0. The average molecular weight is 229 g/mol. The SMILES string of the molecule is Cc1ncc2cc(NC3CCC3)c(O)cc2n1. The molecule has 3 rings (SSSR count). The number of nitrogens with one attached hydrogen (secondary N) is 1. The molecule has 4 nitrogen and oxygen atoms in total. The van der Waals surface area contributed by atoms with E-state index in [1.165, 1.54) is 19.3 Å². The fraction of sp³-hybridized carbons (Fsp3) is 0.385. The van der Waals surface area contributed by atoms with Gasteiger partial charge in [0.25, 0.3) is 0 Å². The summed E-state index contributed by atoms with van der Waals surface area (Å²) in [4.78, 5) is 8.46. The van der Waals surface area contributed by atoms with Crippen molar-refractivity contribution in [2.45, 2.75) is 32.2 Å². The maximum atomic E-state index is 9.95. The molecule has 2 aromatic rings. The van der Waals surface area contributed by atoms with Crippen LogP contribution in [0.2, 0.25) is 0 Å². The Hall–Kier alpha value is -1.84. The molecule has 1 aliphatic rings. The lowest BCUT2D eigenvalue weighted by atomic mass is 9.93. The Balaban J connectivity index is 2.00. The summed E-state index contributed by atoms with van der Waals surface area (Å²) in [5, 5.41) is 14.2. The Morgan fingerprint density at radius 3 is 2.88 bits per heavy atom. The summed E-state index contributed by atoms with van der Waals surface area (Å²) in [5.74, 6) is 0.985. The van der Waals surface area contributed by atoms with Crippen LogP contribution in [0.5, 0.6) is 5.75 Å². The van der Waals surface area contributed by atoms with E-state index in [-0.39, 0.29) is 5.75 Å². The van der Waals surface area contributed by atoms with Crippen molar-refractivity contribution in [3.05, 3.63) is 24.2 Å². The van der Waals surface area contributed by atoms with Crippen molar-refractivity contribution in [1.82, 2.24) is 9.97 Å². The molecule has 88 valence electrons. The van der Waals surface area contributed by atoms with Crippen LogP contribution in [0.3, 0.4) is 0 Å². The highest BCUT2D eigenvalue weighted by molar-refractivity contribution is 5.85. The molecule has 0 aliphatic heterocycles. The first kappa shape index (κ1) is 10.3. The molecule has 1 fully saturated rings. The lowest BCUT2D eigenvalue weighted by molar-refractivity contribution is 0.438. The van der Waals surface area contributed by atoms with E-state index >= 15 is 0 Å². The van der Waals surface area contributed by atoms with Crippen LogP contribution in [-0.4, -0.2) is 21.1 Å². The number of aromatic nitrogens is 2. The van der Waals surface area contributed by atoms with Gasteiger partial charge in [0.2, 0.25) is 0 Å². The molecule has 0 bridgehead atoms. The minimum atomic E-state index is 0.266. The molecular formula is C13H15N3O. The first-order valence-corrected chi connectivity index (χ1v) is 5.95. The molecule has 1 aromatic heterocycles. The van der Waals surface area contributed by atoms with E-state index in [4.69, 9.17) is 0 Å². The number of hydrogen-bond donors (Lipinski definition) is 2. The summed E-state index contributed by atoms with van der Waals surface area (Å²) in [5.41, 5.74) is 1.57. The van der Waals surface area contributed by atoms with Gasteiger partial charge in [-0.3, -0.25) is 0 Å². The quantitative estimate of drug-likeness (QED) is 0.777. The topological polar surface area (TPSA) is 58.0 Å². The Kier molecular flexibility index (Phi) is 2.35. The number of rotatable bonds is 2. The number of benzene rings is 1.